The molecule has 2 N–H and O–H groups in total. The summed E-state index contributed by atoms with van der Waals surface area (Å²) in [5.41, 5.74) is 3.60. The summed E-state index contributed by atoms with van der Waals surface area (Å²) in [5, 5.41) is 16.9. The number of piperazine rings is 1. The fraction of sp³-hybridized carbons (Fsp3) is 0.343. The summed E-state index contributed by atoms with van der Waals surface area (Å²) in [4.78, 5) is 38.9. The summed E-state index contributed by atoms with van der Waals surface area (Å²) in [6.07, 6.45) is 4.30. The molecule has 2 aromatic heterocycles. The summed E-state index contributed by atoms with van der Waals surface area (Å²) in [6, 6.07) is 12.5. The predicted molar refractivity (Wildman–Crippen MR) is 191 cm³/mol. The maximum atomic E-state index is 12.1. The van der Waals surface area contributed by atoms with Crippen LogP contribution in [-0.4, -0.2) is 91.8 Å². The molecular weight excluding hydrogens is 683 g/mol. The van der Waals surface area contributed by atoms with E-state index in [2.05, 4.69) is 36.5 Å². The lowest BCUT2D eigenvalue weighted by molar-refractivity contribution is -0.120. The standard InChI is InChI=1S/C35H36Cl2N8O5/c1-48-30-17-29(26(36)15-27(30)37)41-34-22(18-38)19-40-28-16-32(31(49-2)14-25(28)34)50-13-3-7-43-9-11-44(12-10-43)21-23-4-5-24(20-39-23)45-8-6-33(46)42-35(45)47/h4-5,14-17,19-20H,3,6-13,21H2,1-2H3,(H,40,41)(H,42,46,47). The van der Waals surface area contributed by atoms with E-state index in [1.807, 2.05) is 18.2 Å². The molecule has 13 nitrogen and oxygen atoms in total. The molecule has 0 radical (unpaired) electrons. The Morgan fingerprint density at radius 2 is 1.70 bits per heavy atom. The van der Waals surface area contributed by atoms with Crippen molar-refractivity contribution in [2.24, 2.45) is 0 Å². The number of fused-ring (bicyclic) bond motifs is 1. The predicted octanol–water partition coefficient (Wildman–Crippen LogP) is 5.60. The normalized spacial score (nSPS) is 15.5. The minimum atomic E-state index is -0.411. The molecule has 2 aliphatic rings. The SMILES string of the molecule is COc1cc(Nc2c(C#N)cnc3cc(OCCCN4CCN(Cc5ccc(N6CCC(=O)NC6=O)cn5)CC4)c(OC)cc23)c(Cl)cc1Cl. The lowest BCUT2D eigenvalue weighted by Crippen LogP contribution is -2.49. The van der Waals surface area contributed by atoms with Gasteiger partial charge < -0.3 is 24.4 Å². The molecule has 260 valence electrons. The number of nitrogens with one attached hydrogen (secondary N) is 2. The number of nitriles is 1. The van der Waals surface area contributed by atoms with Crippen molar-refractivity contribution in [2.45, 2.75) is 19.4 Å². The number of carbonyl (C=O) groups is 2. The van der Waals surface area contributed by atoms with E-state index in [0.29, 0.717) is 74.0 Å². The molecule has 15 heteroatoms. The molecule has 0 atom stereocenters. The number of halogens is 2. The number of imide groups is 1. The first kappa shape index (κ1) is 35.0. The highest BCUT2D eigenvalue weighted by molar-refractivity contribution is 6.37. The molecule has 0 bridgehead atoms. The van der Waals surface area contributed by atoms with Gasteiger partial charge in [-0.1, -0.05) is 23.2 Å². The third kappa shape index (κ3) is 7.95. The number of methoxy groups -OCH3 is 2. The highest BCUT2D eigenvalue weighted by Crippen LogP contribution is 2.40. The Kier molecular flexibility index (Phi) is 11.0. The van der Waals surface area contributed by atoms with E-state index in [1.54, 1.807) is 31.5 Å². The van der Waals surface area contributed by atoms with Crippen LogP contribution in [0.25, 0.3) is 10.9 Å². The van der Waals surface area contributed by atoms with Gasteiger partial charge in [0.15, 0.2) is 11.5 Å². The van der Waals surface area contributed by atoms with Crippen LogP contribution in [0.2, 0.25) is 10.0 Å². The molecule has 6 rings (SSSR count). The van der Waals surface area contributed by atoms with Crippen molar-refractivity contribution in [1.82, 2.24) is 25.1 Å². The van der Waals surface area contributed by atoms with Gasteiger partial charge in [-0.25, -0.2) is 4.79 Å². The Labute approximate surface area is 299 Å². The Balaban J connectivity index is 1.01. The van der Waals surface area contributed by atoms with E-state index in [9.17, 15) is 14.9 Å². The molecule has 3 amide bonds. The summed E-state index contributed by atoms with van der Waals surface area (Å²) in [7, 11) is 3.09. The summed E-state index contributed by atoms with van der Waals surface area (Å²) in [5.74, 6) is 1.26. The van der Waals surface area contributed by atoms with E-state index >= 15 is 0 Å². The van der Waals surface area contributed by atoms with Crippen molar-refractivity contribution in [3.8, 4) is 23.3 Å². The van der Waals surface area contributed by atoms with Crippen LogP contribution in [0, 0.1) is 11.3 Å². The first-order valence-corrected chi connectivity index (χ1v) is 16.9. The van der Waals surface area contributed by atoms with Gasteiger partial charge in [-0.2, -0.15) is 5.26 Å². The molecule has 2 fully saturated rings. The van der Waals surface area contributed by atoms with Crippen molar-refractivity contribution >= 4 is 63.1 Å². The number of hydrogen-bond acceptors (Lipinski definition) is 11. The topological polar surface area (TPSA) is 145 Å². The minimum Gasteiger partial charge on any atom is -0.495 e. The molecule has 2 aliphatic heterocycles. The van der Waals surface area contributed by atoms with Gasteiger partial charge in [-0.15, -0.1) is 0 Å². The quantitative estimate of drug-likeness (QED) is 0.177. The molecular formula is C35H36Cl2N8O5. The Morgan fingerprint density at radius 1 is 0.920 bits per heavy atom. The third-order valence-electron chi connectivity index (χ3n) is 8.68. The number of urea groups is 1. The number of anilines is 3. The first-order valence-electron chi connectivity index (χ1n) is 16.1. The lowest BCUT2D eigenvalue weighted by Gasteiger charge is -2.34. The van der Waals surface area contributed by atoms with Crippen molar-refractivity contribution < 1.29 is 23.8 Å². The Hall–Kier alpha value is -4.87. The van der Waals surface area contributed by atoms with E-state index in [-0.39, 0.29) is 12.3 Å². The minimum absolute atomic E-state index is 0.255. The van der Waals surface area contributed by atoms with Gasteiger partial charge in [-0.3, -0.25) is 29.9 Å². The second-order valence-corrected chi connectivity index (χ2v) is 12.7. The maximum Gasteiger partial charge on any atom is 0.328 e. The van der Waals surface area contributed by atoms with Gasteiger partial charge in [0.2, 0.25) is 5.91 Å². The zero-order valence-electron chi connectivity index (χ0n) is 27.7. The Bertz CT molecular complexity index is 1930. The molecule has 0 spiro atoms. The first-order chi connectivity index (χ1) is 24.3. The second kappa shape index (κ2) is 15.8. The number of carbonyl (C=O) groups excluding carboxylic acids is 2. The molecule has 2 saturated heterocycles. The number of hydrogen-bond donors (Lipinski definition) is 2. The zero-order valence-corrected chi connectivity index (χ0v) is 29.2. The fourth-order valence-electron chi connectivity index (χ4n) is 5.96. The smallest absolute Gasteiger partial charge is 0.328 e. The highest BCUT2D eigenvalue weighted by atomic mass is 35.5. The highest BCUT2D eigenvalue weighted by Gasteiger charge is 2.25. The fourth-order valence-corrected chi connectivity index (χ4v) is 6.47. The van der Waals surface area contributed by atoms with Crippen molar-refractivity contribution in [2.75, 3.05) is 70.3 Å². The number of amides is 3. The number of benzene rings is 2. The number of nitrogens with zero attached hydrogens (tertiary/aromatic N) is 6. The van der Waals surface area contributed by atoms with Crippen LogP contribution in [0.5, 0.6) is 17.2 Å². The molecule has 50 heavy (non-hydrogen) atoms. The van der Waals surface area contributed by atoms with Crippen LogP contribution >= 0.6 is 23.2 Å². The van der Waals surface area contributed by atoms with Gasteiger partial charge in [0.1, 0.15) is 11.8 Å². The van der Waals surface area contributed by atoms with E-state index in [4.69, 9.17) is 37.4 Å². The summed E-state index contributed by atoms with van der Waals surface area (Å²) < 4.78 is 17.2. The molecule has 4 heterocycles. The molecule has 2 aromatic carbocycles. The molecule has 4 aromatic rings. The molecule has 0 aliphatic carbocycles. The van der Waals surface area contributed by atoms with Crippen LogP contribution in [0.4, 0.5) is 21.9 Å². The van der Waals surface area contributed by atoms with Gasteiger partial charge in [0, 0.05) is 75.9 Å². The van der Waals surface area contributed by atoms with E-state index < -0.39 is 6.03 Å². The monoisotopic (exact) mass is 718 g/mol. The van der Waals surface area contributed by atoms with Crippen LogP contribution < -0.4 is 29.7 Å². The average molecular weight is 720 g/mol. The maximum absolute atomic E-state index is 12.1. The van der Waals surface area contributed by atoms with Crippen LogP contribution in [0.15, 0.2) is 48.8 Å². The van der Waals surface area contributed by atoms with Crippen LogP contribution in [0.1, 0.15) is 24.1 Å². The number of aromatic nitrogens is 2. The number of rotatable bonds is 12. The average Bonchev–Trinajstić information content (AvgIpc) is 3.12. The lowest BCUT2D eigenvalue weighted by atomic mass is 10.1. The molecule has 0 saturated carbocycles. The van der Waals surface area contributed by atoms with Crippen molar-refractivity contribution in [3.63, 3.8) is 0 Å². The van der Waals surface area contributed by atoms with Gasteiger partial charge in [-0.05, 0) is 30.7 Å². The Morgan fingerprint density at radius 3 is 2.40 bits per heavy atom. The van der Waals surface area contributed by atoms with Crippen LogP contribution in [-0.2, 0) is 11.3 Å². The third-order valence-corrected chi connectivity index (χ3v) is 9.28. The summed E-state index contributed by atoms with van der Waals surface area (Å²) in [6.45, 7) is 6.16. The van der Waals surface area contributed by atoms with E-state index in [1.165, 1.54) is 18.2 Å². The van der Waals surface area contributed by atoms with Crippen LogP contribution in [0.3, 0.4) is 0 Å². The second-order valence-electron chi connectivity index (χ2n) is 11.9. The van der Waals surface area contributed by atoms with Crippen molar-refractivity contribution in [3.05, 3.63) is 70.1 Å². The van der Waals surface area contributed by atoms with E-state index in [0.717, 1.165) is 51.4 Å². The summed E-state index contributed by atoms with van der Waals surface area (Å²) >= 11 is 12.7. The number of pyridine rings is 2. The number of ether oxygens (including phenoxy) is 3. The van der Waals surface area contributed by atoms with Gasteiger partial charge in [0.25, 0.3) is 0 Å². The van der Waals surface area contributed by atoms with Gasteiger partial charge in [0.05, 0.1) is 70.9 Å². The zero-order chi connectivity index (χ0) is 35.2. The van der Waals surface area contributed by atoms with Gasteiger partial charge >= 0.3 is 6.03 Å². The molecule has 0 unspecified atom stereocenters. The van der Waals surface area contributed by atoms with Crippen molar-refractivity contribution in [1.29, 1.82) is 5.26 Å². The largest absolute Gasteiger partial charge is 0.495 e.